The minimum absolute atomic E-state index is 0.478. The number of pyridine rings is 1. The summed E-state index contributed by atoms with van der Waals surface area (Å²) >= 11 is 0. The first-order valence-electron chi connectivity index (χ1n) is 10.5. The van der Waals surface area contributed by atoms with Crippen molar-refractivity contribution >= 4 is 41.4 Å². The molecule has 8 heteroatoms. The van der Waals surface area contributed by atoms with Gasteiger partial charge in [0.15, 0.2) is 0 Å². The number of hydrogen-bond acceptors (Lipinski definition) is 6. The van der Waals surface area contributed by atoms with Gasteiger partial charge in [0.05, 0.1) is 15.5 Å². The van der Waals surface area contributed by atoms with Gasteiger partial charge in [-0.1, -0.05) is 36.4 Å². The Labute approximate surface area is 191 Å². The molecule has 0 unspecified atom stereocenters. The standard InChI is InChI=1S/C25H24N4O4/c1-3-27(4-2)23-14-9-19(10-15-23)5-6-21-8-13-22(26-18-21)12-7-20-11-16-24(28(30)31)25(17-20)29(32)33/h5-18H,3-4H2,1-2H3. The van der Waals surface area contributed by atoms with Crippen molar-refractivity contribution < 1.29 is 9.85 Å². The molecule has 0 spiro atoms. The van der Waals surface area contributed by atoms with Gasteiger partial charge in [0.25, 0.3) is 0 Å². The van der Waals surface area contributed by atoms with Gasteiger partial charge in [0.2, 0.25) is 0 Å². The lowest BCUT2D eigenvalue weighted by Crippen LogP contribution is -2.21. The molecular weight excluding hydrogens is 420 g/mol. The van der Waals surface area contributed by atoms with E-state index in [0.29, 0.717) is 11.3 Å². The SMILES string of the molecule is CCN(CC)c1ccc(C=Cc2ccc(C=Cc3ccc([N+](=O)[O-])c([N+](=O)[O-])c3)nc2)cc1. The van der Waals surface area contributed by atoms with Crippen molar-refractivity contribution in [2.24, 2.45) is 0 Å². The van der Waals surface area contributed by atoms with E-state index >= 15 is 0 Å². The maximum atomic E-state index is 11.1. The minimum atomic E-state index is -0.765. The molecule has 2 aromatic carbocycles. The van der Waals surface area contributed by atoms with Crippen LogP contribution in [0, 0.1) is 20.2 Å². The van der Waals surface area contributed by atoms with E-state index in [2.05, 4.69) is 48.0 Å². The number of nitro benzene ring substituents is 2. The fourth-order valence-corrected chi connectivity index (χ4v) is 3.32. The molecular formula is C25H24N4O4. The van der Waals surface area contributed by atoms with Crippen LogP contribution in [-0.4, -0.2) is 27.9 Å². The summed E-state index contributed by atoms with van der Waals surface area (Å²) in [4.78, 5) is 27.2. The quantitative estimate of drug-likeness (QED) is 0.292. The molecule has 0 bridgehead atoms. The highest BCUT2D eigenvalue weighted by atomic mass is 16.6. The van der Waals surface area contributed by atoms with Crippen LogP contribution in [0.25, 0.3) is 24.3 Å². The molecule has 3 rings (SSSR count). The third-order valence-electron chi connectivity index (χ3n) is 5.14. The van der Waals surface area contributed by atoms with Gasteiger partial charge < -0.3 is 4.90 Å². The second-order valence-corrected chi connectivity index (χ2v) is 7.21. The number of aromatic nitrogens is 1. The van der Waals surface area contributed by atoms with E-state index in [9.17, 15) is 20.2 Å². The van der Waals surface area contributed by atoms with Crippen LogP contribution in [0.1, 0.15) is 36.2 Å². The van der Waals surface area contributed by atoms with Crippen molar-refractivity contribution in [2.75, 3.05) is 18.0 Å². The number of rotatable bonds is 9. The summed E-state index contributed by atoms with van der Waals surface area (Å²) in [6, 6.07) is 15.9. The smallest absolute Gasteiger partial charge is 0.346 e. The van der Waals surface area contributed by atoms with Crippen LogP contribution in [0.5, 0.6) is 0 Å². The minimum Gasteiger partial charge on any atom is -0.372 e. The zero-order valence-electron chi connectivity index (χ0n) is 18.4. The van der Waals surface area contributed by atoms with Gasteiger partial charge in [-0.2, -0.15) is 0 Å². The number of nitrogens with zero attached hydrogens (tertiary/aromatic N) is 4. The van der Waals surface area contributed by atoms with E-state index in [-0.39, 0.29) is 0 Å². The lowest BCUT2D eigenvalue weighted by molar-refractivity contribution is -0.422. The lowest BCUT2D eigenvalue weighted by atomic mass is 10.1. The normalized spacial score (nSPS) is 11.2. The molecule has 3 aromatic rings. The maximum absolute atomic E-state index is 11.1. The van der Waals surface area contributed by atoms with Crippen molar-refractivity contribution in [3.63, 3.8) is 0 Å². The predicted octanol–water partition coefficient (Wildman–Crippen LogP) is 6.09. The van der Waals surface area contributed by atoms with E-state index in [4.69, 9.17) is 0 Å². The monoisotopic (exact) mass is 444 g/mol. The second-order valence-electron chi connectivity index (χ2n) is 7.21. The third kappa shape index (κ3) is 6.10. The summed E-state index contributed by atoms with van der Waals surface area (Å²) in [5, 5.41) is 22.0. The van der Waals surface area contributed by atoms with Gasteiger partial charge in [-0.05, 0) is 60.9 Å². The van der Waals surface area contributed by atoms with Crippen LogP contribution in [0.15, 0.2) is 60.8 Å². The Hall–Kier alpha value is -4.33. The summed E-state index contributed by atoms with van der Waals surface area (Å²) in [6.45, 7) is 6.22. The fraction of sp³-hybridized carbons (Fsp3) is 0.160. The van der Waals surface area contributed by atoms with E-state index in [1.165, 1.54) is 17.8 Å². The van der Waals surface area contributed by atoms with Crippen LogP contribution in [0.4, 0.5) is 17.1 Å². The summed E-state index contributed by atoms with van der Waals surface area (Å²) < 4.78 is 0. The first-order valence-corrected chi connectivity index (χ1v) is 10.5. The zero-order chi connectivity index (χ0) is 23.8. The molecule has 0 N–H and O–H groups in total. The van der Waals surface area contributed by atoms with Gasteiger partial charge in [-0.3, -0.25) is 25.2 Å². The van der Waals surface area contributed by atoms with Crippen molar-refractivity contribution in [2.45, 2.75) is 13.8 Å². The Morgan fingerprint density at radius 3 is 1.91 bits per heavy atom. The largest absolute Gasteiger partial charge is 0.372 e. The van der Waals surface area contributed by atoms with Gasteiger partial charge >= 0.3 is 11.4 Å². The van der Waals surface area contributed by atoms with Gasteiger partial charge in [0.1, 0.15) is 0 Å². The van der Waals surface area contributed by atoms with Crippen molar-refractivity contribution in [3.8, 4) is 0 Å². The van der Waals surface area contributed by atoms with E-state index < -0.39 is 21.2 Å². The van der Waals surface area contributed by atoms with Crippen molar-refractivity contribution in [1.29, 1.82) is 0 Å². The first-order chi connectivity index (χ1) is 15.9. The Morgan fingerprint density at radius 1 is 0.758 bits per heavy atom. The van der Waals surface area contributed by atoms with Gasteiger partial charge in [0, 0.05) is 37.1 Å². The van der Waals surface area contributed by atoms with Crippen molar-refractivity contribution in [1.82, 2.24) is 4.98 Å². The Bertz CT molecular complexity index is 1180. The molecule has 0 aliphatic carbocycles. The van der Waals surface area contributed by atoms with Crippen LogP contribution in [0.2, 0.25) is 0 Å². The second kappa shape index (κ2) is 10.8. The van der Waals surface area contributed by atoms with Crippen molar-refractivity contribution in [3.05, 3.63) is 103 Å². The number of hydrogen-bond donors (Lipinski definition) is 0. The number of anilines is 1. The molecule has 0 saturated carbocycles. The highest BCUT2D eigenvalue weighted by Gasteiger charge is 2.23. The van der Waals surface area contributed by atoms with Crippen LogP contribution in [-0.2, 0) is 0 Å². The average molecular weight is 444 g/mol. The molecule has 8 nitrogen and oxygen atoms in total. The highest BCUT2D eigenvalue weighted by Crippen LogP contribution is 2.28. The fourth-order valence-electron chi connectivity index (χ4n) is 3.32. The Kier molecular flexibility index (Phi) is 7.64. The van der Waals surface area contributed by atoms with Gasteiger partial charge in [-0.15, -0.1) is 0 Å². The molecule has 0 amide bonds. The van der Waals surface area contributed by atoms with Crippen LogP contribution < -0.4 is 4.90 Å². The number of benzene rings is 2. The first kappa shape index (κ1) is 23.3. The molecule has 1 heterocycles. The molecule has 0 saturated heterocycles. The summed E-state index contributed by atoms with van der Waals surface area (Å²) in [6.07, 6.45) is 9.07. The zero-order valence-corrected chi connectivity index (χ0v) is 18.4. The molecule has 33 heavy (non-hydrogen) atoms. The summed E-state index contributed by atoms with van der Waals surface area (Å²) in [5.74, 6) is 0. The maximum Gasteiger partial charge on any atom is 0.346 e. The molecule has 0 aliphatic rings. The highest BCUT2D eigenvalue weighted by molar-refractivity contribution is 5.73. The van der Waals surface area contributed by atoms with E-state index in [0.717, 1.165) is 30.3 Å². The molecule has 1 aromatic heterocycles. The Balaban J connectivity index is 1.68. The average Bonchev–Trinajstić information content (AvgIpc) is 2.83. The lowest BCUT2D eigenvalue weighted by Gasteiger charge is -2.20. The molecule has 0 atom stereocenters. The predicted molar refractivity (Wildman–Crippen MR) is 132 cm³/mol. The summed E-state index contributed by atoms with van der Waals surface area (Å²) in [7, 11) is 0. The Morgan fingerprint density at radius 2 is 1.33 bits per heavy atom. The van der Waals surface area contributed by atoms with E-state index in [1.54, 1.807) is 18.3 Å². The summed E-state index contributed by atoms with van der Waals surface area (Å²) in [5.41, 5.74) is 3.30. The van der Waals surface area contributed by atoms with Crippen LogP contribution >= 0.6 is 0 Å². The topological polar surface area (TPSA) is 102 Å². The van der Waals surface area contributed by atoms with Gasteiger partial charge in [-0.25, -0.2) is 0 Å². The van der Waals surface area contributed by atoms with Crippen LogP contribution in [0.3, 0.4) is 0 Å². The molecule has 0 fully saturated rings. The molecule has 0 aliphatic heterocycles. The third-order valence-corrected chi connectivity index (χ3v) is 5.14. The molecule has 168 valence electrons. The number of nitro groups is 2. The molecule has 0 radical (unpaired) electrons. The van der Waals surface area contributed by atoms with E-state index in [1.807, 2.05) is 24.3 Å².